The van der Waals surface area contributed by atoms with Crippen LogP contribution in [0.15, 0.2) is 65.6 Å². The average molecular weight is 521 g/mol. The molecule has 0 saturated heterocycles. The summed E-state index contributed by atoms with van der Waals surface area (Å²) in [6.45, 7) is 0.704. The van der Waals surface area contributed by atoms with E-state index in [1.807, 2.05) is 12.1 Å². The van der Waals surface area contributed by atoms with Gasteiger partial charge in [-0.1, -0.05) is 29.8 Å². The van der Waals surface area contributed by atoms with Crippen molar-refractivity contribution in [2.24, 2.45) is 0 Å². The molecule has 2 N–H and O–H groups in total. The molecule has 0 fully saturated rings. The van der Waals surface area contributed by atoms with E-state index in [-0.39, 0.29) is 30.1 Å². The van der Waals surface area contributed by atoms with Crippen LogP contribution in [-0.2, 0) is 24.1 Å². The maximum absolute atomic E-state index is 13.4. The molecule has 178 valence electrons. The maximum atomic E-state index is 13.4. The highest BCUT2D eigenvalue weighted by molar-refractivity contribution is 7.91. The summed E-state index contributed by atoms with van der Waals surface area (Å²) in [5.41, 5.74) is 5.23. The van der Waals surface area contributed by atoms with Crippen LogP contribution in [0.1, 0.15) is 24.1 Å². The number of fused-ring (bicyclic) bond motifs is 3. The molecule has 1 aliphatic heterocycles. The van der Waals surface area contributed by atoms with E-state index < -0.39 is 11.2 Å². The molecule has 34 heavy (non-hydrogen) atoms. The van der Waals surface area contributed by atoms with Crippen LogP contribution in [0.25, 0.3) is 22.0 Å². The second kappa shape index (κ2) is 10.7. The lowest BCUT2D eigenvalue weighted by Gasteiger charge is -2.24. The number of rotatable bonds is 6. The minimum absolute atomic E-state index is 0. The van der Waals surface area contributed by atoms with Crippen molar-refractivity contribution < 1.29 is 13.3 Å². The third-order valence-corrected chi connectivity index (χ3v) is 8.00. The van der Waals surface area contributed by atoms with Crippen molar-refractivity contribution in [3.8, 4) is 11.1 Å². The smallest absolute Gasteiger partial charge is 0.152 e. The van der Waals surface area contributed by atoms with Crippen LogP contribution in [0.4, 0.5) is 8.78 Å². The molecule has 0 spiro atoms. The summed E-state index contributed by atoms with van der Waals surface area (Å²) in [5, 5.41) is 5.35. The highest BCUT2D eigenvalue weighted by Crippen LogP contribution is 2.38. The van der Waals surface area contributed by atoms with Crippen LogP contribution in [0.5, 0.6) is 0 Å². The van der Waals surface area contributed by atoms with Crippen LogP contribution in [-0.4, -0.2) is 21.3 Å². The van der Waals surface area contributed by atoms with Gasteiger partial charge in [0.1, 0.15) is 17.4 Å². The molecule has 1 aromatic heterocycles. The van der Waals surface area contributed by atoms with E-state index in [2.05, 4.69) is 10.3 Å². The second-order valence-electron chi connectivity index (χ2n) is 8.36. The van der Waals surface area contributed by atoms with Gasteiger partial charge < -0.3 is 14.9 Å². The van der Waals surface area contributed by atoms with Gasteiger partial charge in [0.05, 0.1) is 10.5 Å². The zero-order valence-electron chi connectivity index (χ0n) is 18.2. The predicted molar refractivity (Wildman–Crippen MR) is 137 cm³/mol. The lowest BCUT2D eigenvalue weighted by Crippen LogP contribution is -2.35. The van der Waals surface area contributed by atoms with Crippen molar-refractivity contribution in [3.63, 3.8) is 0 Å². The first-order chi connectivity index (χ1) is 16.0. The number of aromatic nitrogens is 1. The van der Waals surface area contributed by atoms with E-state index in [4.69, 9.17) is 11.6 Å². The Bertz CT molecular complexity index is 1280. The lowest BCUT2D eigenvalue weighted by atomic mass is 9.94. The molecule has 4 aromatic rings. The number of halogens is 4. The van der Waals surface area contributed by atoms with Gasteiger partial charge >= 0.3 is 0 Å². The number of benzene rings is 3. The molecule has 2 unspecified atom stereocenters. The molecule has 0 aliphatic carbocycles. The number of hydrogen-bond acceptors (Lipinski definition) is 2. The van der Waals surface area contributed by atoms with Crippen LogP contribution < -0.4 is 5.32 Å². The Labute approximate surface area is 211 Å². The molecule has 2 atom stereocenters. The highest BCUT2D eigenvalue weighted by Gasteiger charge is 2.25. The lowest BCUT2D eigenvalue weighted by molar-refractivity contribution is 0.445. The standard InChI is InChI=1S/C26H23ClF2N2OS.ClH/c27-23-12-11-21(16-3-5-17(28)6-4-16)25-22-15-30-19(14-24(22)31-26(23)25)2-1-13-33(32)20-9-7-18(29)8-10-20;/h3-12,19,30-31H,1-2,13-15H2;1H. The van der Waals surface area contributed by atoms with Gasteiger partial charge in [0, 0.05) is 30.1 Å². The summed E-state index contributed by atoms with van der Waals surface area (Å²) in [6.07, 6.45) is 2.52. The number of nitrogens with one attached hydrogen (secondary N) is 2. The topological polar surface area (TPSA) is 50.9 Å². The predicted octanol–water partition coefficient (Wildman–Crippen LogP) is 6.79. The van der Waals surface area contributed by atoms with Crippen molar-refractivity contribution in [2.45, 2.75) is 36.7 Å². The fourth-order valence-corrected chi connectivity index (χ4v) is 5.87. The van der Waals surface area contributed by atoms with Crippen molar-refractivity contribution in [1.82, 2.24) is 10.3 Å². The van der Waals surface area contributed by atoms with Gasteiger partial charge in [0.15, 0.2) is 4.90 Å². The zero-order chi connectivity index (χ0) is 22.9. The molecule has 1 aliphatic rings. The Morgan fingerprint density at radius 3 is 2.35 bits per heavy atom. The van der Waals surface area contributed by atoms with E-state index in [0.717, 1.165) is 47.0 Å². The summed E-state index contributed by atoms with van der Waals surface area (Å²) in [5.74, 6) is -0.0342. The van der Waals surface area contributed by atoms with E-state index in [1.165, 1.54) is 29.8 Å². The van der Waals surface area contributed by atoms with Crippen molar-refractivity contribution in [3.05, 3.63) is 88.6 Å². The second-order valence-corrected chi connectivity index (χ2v) is 10.3. The average Bonchev–Trinajstić information content (AvgIpc) is 3.20. The Morgan fingerprint density at radius 2 is 1.65 bits per heavy atom. The monoisotopic (exact) mass is 520 g/mol. The van der Waals surface area contributed by atoms with Crippen molar-refractivity contribution >= 4 is 46.1 Å². The summed E-state index contributed by atoms with van der Waals surface area (Å²) < 4.78 is 39.0. The zero-order valence-corrected chi connectivity index (χ0v) is 20.6. The molecule has 5 rings (SSSR count). The van der Waals surface area contributed by atoms with E-state index in [9.17, 15) is 13.3 Å². The van der Waals surface area contributed by atoms with Crippen LogP contribution in [0, 0.1) is 11.6 Å². The number of H-pyrrole nitrogens is 1. The molecule has 2 heterocycles. The number of hydrogen-bond donors (Lipinski definition) is 2. The third kappa shape index (κ3) is 5.11. The van der Waals surface area contributed by atoms with Crippen LogP contribution >= 0.6 is 24.0 Å². The Balaban J connectivity index is 0.00000274. The normalized spacial score (nSPS) is 16.2. The Morgan fingerprint density at radius 1 is 0.971 bits per heavy atom. The van der Waals surface area contributed by atoms with Gasteiger partial charge in [-0.25, -0.2) is 8.78 Å². The van der Waals surface area contributed by atoms with Crippen molar-refractivity contribution in [1.29, 1.82) is 0 Å². The third-order valence-electron chi connectivity index (χ3n) is 6.23. The Hall–Kier alpha value is -2.09. The molecule has 0 saturated carbocycles. The first-order valence-corrected chi connectivity index (χ1v) is 12.6. The first kappa shape index (κ1) is 25.0. The molecule has 3 nitrogen and oxygen atoms in total. The quantitative estimate of drug-likeness (QED) is 0.275. The van der Waals surface area contributed by atoms with Gasteiger partial charge in [-0.2, -0.15) is 0 Å². The van der Waals surface area contributed by atoms with Gasteiger partial charge in [0.25, 0.3) is 0 Å². The minimum atomic E-state index is -1.13. The Kier molecular flexibility index (Phi) is 7.85. The molecule has 0 amide bonds. The SMILES string of the molecule is Cl.[O-][S+](CCCC1Cc2[nH]c3c(Cl)ccc(-c4ccc(F)cc4)c3c2CN1)c1ccc(F)cc1. The summed E-state index contributed by atoms with van der Waals surface area (Å²) >= 11 is 5.39. The molecule has 3 aromatic carbocycles. The summed E-state index contributed by atoms with van der Waals surface area (Å²) in [7, 11) is 0. The first-order valence-electron chi connectivity index (χ1n) is 10.9. The number of aromatic amines is 1. The van der Waals surface area contributed by atoms with Gasteiger partial charge in [-0.3, -0.25) is 0 Å². The fourth-order valence-electron chi connectivity index (χ4n) is 4.56. The van der Waals surface area contributed by atoms with Gasteiger partial charge in [-0.15, -0.1) is 12.4 Å². The molecule has 8 heteroatoms. The largest absolute Gasteiger partial charge is 0.611 e. The molecule has 0 bridgehead atoms. The van der Waals surface area contributed by atoms with Crippen LogP contribution in [0.2, 0.25) is 5.02 Å². The highest BCUT2D eigenvalue weighted by atomic mass is 35.5. The van der Waals surface area contributed by atoms with E-state index >= 15 is 0 Å². The van der Waals surface area contributed by atoms with E-state index in [1.54, 1.807) is 24.3 Å². The maximum Gasteiger partial charge on any atom is 0.152 e. The molecule has 0 radical (unpaired) electrons. The minimum Gasteiger partial charge on any atom is -0.611 e. The summed E-state index contributed by atoms with van der Waals surface area (Å²) in [6, 6.07) is 16.5. The van der Waals surface area contributed by atoms with E-state index in [0.29, 0.717) is 22.2 Å². The van der Waals surface area contributed by atoms with Crippen LogP contribution in [0.3, 0.4) is 0 Å². The van der Waals surface area contributed by atoms with Gasteiger partial charge in [0.2, 0.25) is 0 Å². The summed E-state index contributed by atoms with van der Waals surface area (Å²) in [4.78, 5) is 4.19. The van der Waals surface area contributed by atoms with Crippen molar-refractivity contribution in [2.75, 3.05) is 5.75 Å². The molecular formula is C26H24Cl2F2N2OS. The molecular weight excluding hydrogens is 497 g/mol. The van der Waals surface area contributed by atoms with Gasteiger partial charge in [-0.05, 0) is 83.2 Å². The fraction of sp³-hybridized carbons (Fsp3) is 0.231.